The van der Waals surface area contributed by atoms with Gasteiger partial charge in [0, 0.05) is 29.6 Å². The Hall–Kier alpha value is -2.15. The largest absolute Gasteiger partial charge is 0.491 e. The molecule has 2 amide bonds. The number of urea groups is 1. The molecule has 124 valence electrons. The number of nitrogens with zero attached hydrogens (tertiary/aromatic N) is 1. The Kier molecular flexibility index (Phi) is 6.34. The van der Waals surface area contributed by atoms with Gasteiger partial charge in [0.2, 0.25) is 0 Å². The first-order chi connectivity index (χ1) is 11.1. The zero-order valence-electron chi connectivity index (χ0n) is 13.2. The second kappa shape index (κ2) is 8.47. The second-order valence-electron chi connectivity index (χ2n) is 4.95. The molecule has 0 unspecified atom stereocenters. The number of aryl methyl sites for hydroxylation is 2. The van der Waals surface area contributed by atoms with E-state index in [4.69, 9.17) is 4.74 Å². The van der Waals surface area contributed by atoms with Crippen molar-refractivity contribution < 1.29 is 13.9 Å². The Morgan fingerprint density at radius 1 is 1.39 bits per heavy atom. The summed E-state index contributed by atoms with van der Waals surface area (Å²) >= 11 is 1.65. The molecular weight excluding hydrogens is 317 g/mol. The second-order valence-corrected chi connectivity index (χ2v) is 6.23. The van der Waals surface area contributed by atoms with E-state index in [9.17, 15) is 9.18 Å². The van der Waals surface area contributed by atoms with Crippen LogP contribution in [0.1, 0.15) is 15.6 Å². The molecule has 2 N–H and O–H groups in total. The number of thiazole rings is 1. The van der Waals surface area contributed by atoms with Gasteiger partial charge < -0.3 is 15.4 Å². The predicted molar refractivity (Wildman–Crippen MR) is 90.2 cm³/mol. The topological polar surface area (TPSA) is 63.2 Å². The van der Waals surface area contributed by atoms with Crippen LogP contribution in [0.3, 0.4) is 0 Å². The van der Waals surface area contributed by atoms with E-state index >= 15 is 0 Å². The van der Waals surface area contributed by atoms with Crippen molar-refractivity contribution in [2.75, 3.05) is 25.1 Å². The van der Waals surface area contributed by atoms with Gasteiger partial charge in [-0.05, 0) is 26.0 Å². The van der Waals surface area contributed by atoms with Gasteiger partial charge in [0.15, 0.2) is 0 Å². The molecule has 1 aromatic heterocycles. The van der Waals surface area contributed by atoms with Crippen molar-refractivity contribution in [2.45, 2.75) is 20.3 Å². The van der Waals surface area contributed by atoms with Gasteiger partial charge in [0.1, 0.15) is 19.0 Å². The summed E-state index contributed by atoms with van der Waals surface area (Å²) in [4.78, 5) is 17.5. The van der Waals surface area contributed by atoms with E-state index in [0.29, 0.717) is 24.4 Å². The first-order valence-electron chi connectivity index (χ1n) is 7.35. The molecule has 0 aliphatic carbocycles. The SMILES string of the molecule is Cc1nc(CCNC(=O)Nc2cccc(OCCF)c2)sc1C. The number of nitrogens with one attached hydrogen (secondary N) is 2. The molecule has 2 aromatic rings. The lowest BCUT2D eigenvalue weighted by Gasteiger charge is -2.09. The minimum atomic E-state index is -0.548. The number of rotatable bonds is 7. The van der Waals surface area contributed by atoms with E-state index in [2.05, 4.69) is 15.6 Å². The Bertz CT molecular complexity index is 641. The maximum absolute atomic E-state index is 12.1. The van der Waals surface area contributed by atoms with Crippen molar-refractivity contribution >= 4 is 23.1 Å². The lowest BCUT2D eigenvalue weighted by Crippen LogP contribution is -2.30. The van der Waals surface area contributed by atoms with Crippen molar-refractivity contribution in [2.24, 2.45) is 0 Å². The molecule has 0 saturated carbocycles. The number of alkyl halides is 1. The van der Waals surface area contributed by atoms with E-state index in [0.717, 1.165) is 10.7 Å². The summed E-state index contributed by atoms with van der Waals surface area (Å²) in [5.41, 5.74) is 1.64. The number of hydrogen-bond acceptors (Lipinski definition) is 4. The predicted octanol–water partition coefficient (Wildman–Crippen LogP) is 3.47. The molecule has 0 fully saturated rings. The highest BCUT2D eigenvalue weighted by Gasteiger charge is 2.06. The molecule has 0 atom stereocenters. The minimum Gasteiger partial charge on any atom is -0.491 e. The molecule has 0 saturated heterocycles. The smallest absolute Gasteiger partial charge is 0.319 e. The van der Waals surface area contributed by atoms with E-state index in [1.165, 1.54) is 4.88 Å². The summed E-state index contributed by atoms with van der Waals surface area (Å²) in [6, 6.07) is 6.56. The van der Waals surface area contributed by atoms with Crippen LogP contribution in [0, 0.1) is 13.8 Å². The van der Waals surface area contributed by atoms with Crippen LogP contribution in [0.25, 0.3) is 0 Å². The highest BCUT2D eigenvalue weighted by atomic mass is 32.1. The zero-order valence-corrected chi connectivity index (χ0v) is 14.0. The van der Waals surface area contributed by atoms with Gasteiger partial charge in [-0.2, -0.15) is 0 Å². The fourth-order valence-electron chi connectivity index (χ4n) is 1.92. The average molecular weight is 337 g/mol. The summed E-state index contributed by atoms with van der Waals surface area (Å²) in [5.74, 6) is 0.522. The number of anilines is 1. The van der Waals surface area contributed by atoms with Crippen LogP contribution in [0.4, 0.5) is 14.9 Å². The molecule has 0 spiro atoms. The van der Waals surface area contributed by atoms with Crippen LogP contribution in [0.5, 0.6) is 5.75 Å². The third-order valence-corrected chi connectivity index (χ3v) is 4.27. The number of aromatic nitrogens is 1. The number of halogens is 1. The third kappa shape index (κ3) is 5.52. The van der Waals surface area contributed by atoms with Gasteiger partial charge in [-0.25, -0.2) is 14.2 Å². The Morgan fingerprint density at radius 2 is 2.22 bits per heavy atom. The van der Waals surface area contributed by atoms with Crippen LogP contribution >= 0.6 is 11.3 Å². The maximum Gasteiger partial charge on any atom is 0.319 e. The molecule has 2 rings (SSSR count). The van der Waals surface area contributed by atoms with Crippen molar-refractivity contribution in [1.29, 1.82) is 0 Å². The molecule has 1 aromatic carbocycles. The molecule has 1 heterocycles. The monoisotopic (exact) mass is 337 g/mol. The summed E-state index contributed by atoms with van der Waals surface area (Å²) in [7, 11) is 0. The molecule has 23 heavy (non-hydrogen) atoms. The molecule has 0 bridgehead atoms. The minimum absolute atomic E-state index is 0.00228. The van der Waals surface area contributed by atoms with Gasteiger partial charge in [-0.15, -0.1) is 11.3 Å². The summed E-state index contributed by atoms with van der Waals surface area (Å²) < 4.78 is 17.3. The van der Waals surface area contributed by atoms with Gasteiger partial charge >= 0.3 is 6.03 Å². The van der Waals surface area contributed by atoms with Gasteiger partial charge in [-0.1, -0.05) is 6.07 Å². The highest BCUT2D eigenvalue weighted by Crippen LogP contribution is 2.18. The molecule has 7 heteroatoms. The first kappa shape index (κ1) is 17.2. The number of carbonyl (C=O) groups is 1. The van der Waals surface area contributed by atoms with E-state index < -0.39 is 6.67 Å². The lowest BCUT2D eigenvalue weighted by molar-refractivity contribution is 0.252. The summed E-state index contributed by atoms with van der Waals surface area (Å²) in [5, 5.41) is 6.52. The van der Waals surface area contributed by atoms with Crippen LogP contribution < -0.4 is 15.4 Å². The van der Waals surface area contributed by atoms with E-state index in [1.54, 1.807) is 35.6 Å². The van der Waals surface area contributed by atoms with Crippen molar-refractivity contribution in [1.82, 2.24) is 10.3 Å². The van der Waals surface area contributed by atoms with Crippen LogP contribution in [0.2, 0.25) is 0 Å². The van der Waals surface area contributed by atoms with Gasteiger partial charge in [-0.3, -0.25) is 0 Å². The molecule has 0 radical (unpaired) electrons. The van der Waals surface area contributed by atoms with Crippen molar-refractivity contribution in [3.05, 3.63) is 39.8 Å². The molecule has 5 nitrogen and oxygen atoms in total. The standard InChI is InChI=1S/C16H20FN3O2S/c1-11-12(2)23-15(19-11)6-8-18-16(21)20-13-4-3-5-14(10-13)22-9-7-17/h3-5,10H,6-9H2,1-2H3,(H2,18,20,21). The average Bonchev–Trinajstić information content (AvgIpc) is 2.84. The fourth-order valence-corrected chi connectivity index (χ4v) is 2.86. The lowest BCUT2D eigenvalue weighted by atomic mass is 10.3. The van der Waals surface area contributed by atoms with Gasteiger partial charge in [0.25, 0.3) is 0 Å². The summed E-state index contributed by atoms with van der Waals surface area (Å²) in [6.45, 7) is 3.98. The van der Waals surface area contributed by atoms with Crippen molar-refractivity contribution in [3.8, 4) is 5.75 Å². The molecular formula is C16H20FN3O2S. The highest BCUT2D eigenvalue weighted by molar-refractivity contribution is 7.11. The number of amides is 2. The fraction of sp³-hybridized carbons (Fsp3) is 0.375. The maximum atomic E-state index is 12.1. The zero-order chi connectivity index (χ0) is 16.7. The number of hydrogen-bond donors (Lipinski definition) is 2. The van der Waals surface area contributed by atoms with Crippen molar-refractivity contribution in [3.63, 3.8) is 0 Å². The van der Waals surface area contributed by atoms with E-state index in [1.807, 2.05) is 13.8 Å². The van der Waals surface area contributed by atoms with Gasteiger partial charge in [0.05, 0.1) is 10.7 Å². The Labute approximate surface area is 138 Å². The first-order valence-corrected chi connectivity index (χ1v) is 8.16. The normalized spacial score (nSPS) is 10.4. The Morgan fingerprint density at radius 3 is 2.91 bits per heavy atom. The quantitative estimate of drug-likeness (QED) is 0.813. The Balaban J connectivity index is 1.78. The van der Waals surface area contributed by atoms with Crippen LogP contribution in [-0.4, -0.2) is 30.8 Å². The van der Waals surface area contributed by atoms with Crippen LogP contribution in [-0.2, 0) is 6.42 Å². The number of benzene rings is 1. The number of carbonyl (C=O) groups excluding carboxylic acids is 1. The third-order valence-electron chi connectivity index (χ3n) is 3.14. The van der Waals surface area contributed by atoms with Crippen LogP contribution in [0.15, 0.2) is 24.3 Å². The number of ether oxygens (including phenoxy) is 1. The summed E-state index contributed by atoms with van der Waals surface area (Å²) in [6.07, 6.45) is 0.701. The van der Waals surface area contributed by atoms with E-state index in [-0.39, 0.29) is 12.6 Å². The molecule has 0 aliphatic heterocycles. The molecule has 0 aliphatic rings.